The molecule has 2 heterocycles. The van der Waals surface area contributed by atoms with Gasteiger partial charge in [-0.2, -0.15) is 0 Å². The van der Waals surface area contributed by atoms with Crippen LogP contribution in [0.15, 0.2) is 18.2 Å². The number of nitro benzene ring substituents is 1. The van der Waals surface area contributed by atoms with Crippen molar-refractivity contribution in [3.8, 4) is 0 Å². The third-order valence-corrected chi connectivity index (χ3v) is 5.05. The Morgan fingerprint density at radius 1 is 1.25 bits per heavy atom. The second-order valence-corrected chi connectivity index (χ2v) is 6.72. The molecule has 1 amide bonds. The summed E-state index contributed by atoms with van der Waals surface area (Å²) in [4.78, 5) is 24.7. The highest BCUT2D eigenvalue weighted by Crippen LogP contribution is 2.27. The van der Waals surface area contributed by atoms with Crippen LogP contribution in [0.25, 0.3) is 0 Å². The van der Waals surface area contributed by atoms with Gasteiger partial charge >= 0.3 is 0 Å². The van der Waals surface area contributed by atoms with Gasteiger partial charge in [0.15, 0.2) is 0 Å². The van der Waals surface area contributed by atoms with E-state index >= 15 is 0 Å². The number of amides is 1. The molecule has 1 N–H and O–H groups in total. The molecular formula is C16H21Cl2N3O3. The molecule has 1 atom stereocenters. The highest BCUT2D eigenvalue weighted by atomic mass is 35.5. The summed E-state index contributed by atoms with van der Waals surface area (Å²) in [6.07, 6.45) is 4.41. The summed E-state index contributed by atoms with van der Waals surface area (Å²) >= 11 is 5.90. The van der Waals surface area contributed by atoms with E-state index < -0.39 is 4.92 Å². The lowest BCUT2D eigenvalue weighted by molar-refractivity contribution is -0.384. The maximum atomic E-state index is 12.6. The Labute approximate surface area is 152 Å². The number of nitrogens with one attached hydrogen (secondary N) is 1. The number of nitro groups is 1. The third-order valence-electron chi connectivity index (χ3n) is 4.83. The van der Waals surface area contributed by atoms with Gasteiger partial charge in [-0.1, -0.05) is 11.6 Å². The zero-order valence-corrected chi connectivity index (χ0v) is 14.8. The maximum Gasteiger partial charge on any atom is 0.271 e. The van der Waals surface area contributed by atoms with Crippen LogP contribution in [-0.2, 0) is 0 Å². The summed E-state index contributed by atoms with van der Waals surface area (Å²) in [6.45, 7) is 2.49. The molecule has 1 aromatic carbocycles. The van der Waals surface area contributed by atoms with Gasteiger partial charge in [-0.05, 0) is 44.2 Å². The third kappa shape index (κ3) is 4.18. The molecule has 2 aliphatic heterocycles. The van der Waals surface area contributed by atoms with E-state index in [9.17, 15) is 14.9 Å². The van der Waals surface area contributed by atoms with Crippen molar-refractivity contribution in [1.82, 2.24) is 10.2 Å². The van der Waals surface area contributed by atoms with Crippen LogP contribution in [0, 0.1) is 16.0 Å². The number of likely N-dealkylation sites (tertiary alicyclic amines) is 1. The van der Waals surface area contributed by atoms with E-state index in [1.807, 2.05) is 0 Å². The summed E-state index contributed by atoms with van der Waals surface area (Å²) in [6, 6.07) is 4.65. The molecule has 2 aliphatic rings. The van der Waals surface area contributed by atoms with Crippen LogP contribution in [0.4, 0.5) is 5.69 Å². The molecule has 2 saturated heterocycles. The molecule has 6 nitrogen and oxygen atoms in total. The number of carbonyl (C=O) groups is 1. The molecule has 1 aromatic rings. The Morgan fingerprint density at radius 2 is 1.96 bits per heavy atom. The molecule has 1 unspecified atom stereocenters. The molecule has 24 heavy (non-hydrogen) atoms. The Hall–Kier alpha value is -1.37. The zero-order chi connectivity index (χ0) is 16.4. The predicted molar refractivity (Wildman–Crippen MR) is 95.0 cm³/mol. The predicted octanol–water partition coefficient (Wildman–Crippen LogP) is 3.27. The van der Waals surface area contributed by atoms with Gasteiger partial charge in [0, 0.05) is 41.9 Å². The molecule has 0 aliphatic carbocycles. The van der Waals surface area contributed by atoms with E-state index in [1.165, 1.54) is 31.0 Å². The number of benzene rings is 1. The lowest BCUT2D eigenvalue weighted by atomic mass is 9.88. The van der Waals surface area contributed by atoms with Crippen LogP contribution in [0.2, 0.25) is 5.02 Å². The van der Waals surface area contributed by atoms with Gasteiger partial charge in [0.05, 0.1) is 4.92 Å². The summed E-state index contributed by atoms with van der Waals surface area (Å²) in [7, 11) is 0. The second-order valence-electron chi connectivity index (χ2n) is 6.29. The van der Waals surface area contributed by atoms with Crippen molar-refractivity contribution in [2.45, 2.75) is 31.7 Å². The first-order chi connectivity index (χ1) is 11.0. The van der Waals surface area contributed by atoms with Gasteiger partial charge in [-0.3, -0.25) is 14.9 Å². The summed E-state index contributed by atoms with van der Waals surface area (Å²) in [5.74, 6) is 0.448. The number of rotatable bonds is 3. The molecule has 0 radical (unpaired) electrons. The van der Waals surface area contributed by atoms with Crippen molar-refractivity contribution in [3.05, 3.63) is 38.9 Å². The second kappa shape index (κ2) is 8.14. The Balaban J connectivity index is 0.00000208. The molecule has 0 spiro atoms. The van der Waals surface area contributed by atoms with Crippen molar-refractivity contribution in [2.75, 3.05) is 19.6 Å². The molecule has 0 bridgehead atoms. The van der Waals surface area contributed by atoms with Crippen LogP contribution in [0.1, 0.15) is 36.0 Å². The molecule has 8 heteroatoms. The number of hydrogen-bond donors (Lipinski definition) is 1. The van der Waals surface area contributed by atoms with Crippen molar-refractivity contribution in [3.63, 3.8) is 0 Å². The Morgan fingerprint density at radius 3 is 2.54 bits per heavy atom. The number of halogens is 2. The minimum atomic E-state index is -0.527. The molecule has 3 rings (SSSR count). The molecule has 2 fully saturated rings. The first-order valence-electron chi connectivity index (χ1n) is 8.02. The van der Waals surface area contributed by atoms with Crippen LogP contribution in [0.3, 0.4) is 0 Å². The van der Waals surface area contributed by atoms with Gasteiger partial charge in [-0.25, -0.2) is 0 Å². The average molecular weight is 374 g/mol. The number of hydrogen-bond acceptors (Lipinski definition) is 4. The number of nitrogens with zero attached hydrogens (tertiary/aromatic N) is 2. The monoisotopic (exact) mass is 373 g/mol. The first kappa shape index (κ1) is 19.0. The zero-order valence-electron chi connectivity index (χ0n) is 13.2. The summed E-state index contributed by atoms with van der Waals surface area (Å²) in [5.41, 5.74) is 0.146. The smallest absolute Gasteiger partial charge is 0.271 e. The molecule has 0 aromatic heterocycles. The number of carbonyl (C=O) groups excluding carboxylic acids is 1. The minimum Gasteiger partial charge on any atom is -0.339 e. The van der Waals surface area contributed by atoms with Crippen molar-refractivity contribution >= 4 is 35.6 Å². The van der Waals surface area contributed by atoms with E-state index in [4.69, 9.17) is 11.6 Å². The van der Waals surface area contributed by atoms with Gasteiger partial charge in [-0.15, -0.1) is 12.4 Å². The highest BCUT2D eigenvalue weighted by Gasteiger charge is 2.30. The molecule has 0 saturated carbocycles. The van der Waals surface area contributed by atoms with Gasteiger partial charge < -0.3 is 10.2 Å². The lowest BCUT2D eigenvalue weighted by Gasteiger charge is -2.35. The SMILES string of the molecule is Cl.O=C(c1cc(Cl)cc([N+](=O)[O-])c1)N1CCC(C2CCCN2)CC1. The Kier molecular flexibility index (Phi) is 6.43. The quantitative estimate of drug-likeness (QED) is 0.651. The lowest BCUT2D eigenvalue weighted by Crippen LogP contribution is -2.43. The van der Waals surface area contributed by atoms with E-state index in [1.54, 1.807) is 4.90 Å². The highest BCUT2D eigenvalue weighted by molar-refractivity contribution is 6.31. The van der Waals surface area contributed by atoms with Gasteiger partial charge in [0.2, 0.25) is 0 Å². The van der Waals surface area contributed by atoms with E-state index in [2.05, 4.69) is 5.32 Å². The normalized spacial score (nSPS) is 21.4. The van der Waals surface area contributed by atoms with Crippen molar-refractivity contribution in [1.29, 1.82) is 0 Å². The minimum absolute atomic E-state index is 0. The van der Waals surface area contributed by atoms with Crippen molar-refractivity contribution in [2.24, 2.45) is 5.92 Å². The average Bonchev–Trinajstić information content (AvgIpc) is 3.08. The van der Waals surface area contributed by atoms with Crippen LogP contribution >= 0.6 is 24.0 Å². The first-order valence-corrected chi connectivity index (χ1v) is 8.40. The van der Waals surface area contributed by atoms with Gasteiger partial charge in [0.25, 0.3) is 11.6 Å². The van der Waals surface area contributed by atoms with E-state index in [-0.39, 0.29) is 29.0 Å². The largest absolute Gasteiger partial charge is 0.339 e. The van der Waals surface area contributed by atoms with E-state index in [0.29, 0.717) is 30.6 Å². The molecule has 132 valence electrons. The van der Waals surface area contributed by atoms with Crippen LogP contribution in [0.5, 0.6) is 0 Å². The topological polar surface area (TPSA) is 75.5 Å². The standard InChI is InChI=1S/C16H20ClN3O3.ClH/c17-13-8-12(9-14(10-13)20(22)23)16(21)19-6-3-11(4-7-19)15-2-1-5-18-15;/h8-11,15,18H,1-7H2;1H. The number of piperidine rings is 1. The number of non-ortho nitro benzene ring substituents is 1. The fourth-order valence-electron chi connectivity index (χ4n) is 3.60. The molecular weight excluding hydrogens is 353 g/mol. The fraction of sp³-hybridized carbons (Fsp3) is 0.562. The van der Waals surface area contributed by atoms with Crippen molar-refractivity contribution < 1.29 is 9.72 Å². The van der Waals surface area contributed by atoms with E-state index in [0.717, 1.165) is 19.4 Å². The summed E-state index contributed by atoms with van der Waals surface area (Å²) in [5, 5.41) is 14.7. The Bertz CT molecular complexity index is 613. The maximum absolute atomic E-state index is 12.6. The van der Waals surface area contributed by atoms with Crippen LogP contribution < -0.4 is 5.32 Å². The summed E-state index contributed by atoms with van der Waals surface area (Å²) < 4.78 is 0. The van der Waals surface area contributed by atoms with Gasteiger partial charge in [0.1, 0.15) is 0 Å². The van der Waals surface area contributed by atoms with Crippen LogP contribution in [-0.4, -0.2) is 41.4 Å². The fourth-order valence-corrected chi connectivity index (χ4v) is 3.83.